The summed E-state index contributed by atoms with van der Waals surface area (Å²) in [5.41, 5.74) is 6.36. The van der Waals surface area contributed by atoms with Crippen LogP contribution in [-0.2, 0) is 4.79 Å². The first-order valence-corrected chi connectivity index (χ1v) is 9.51. The molecule has 0 bridgehead atoms. The molecule has 3 rings (SSSR count). The lowest BCUT2D eigenvalue weighted by Gasteiger charge is -2.26. The van der Waals surface area contributed by atoms with Crippen LogP contribution in [0.1, 0.15) is 28.9 Å². The minimum atomic E-state index is -4.53. The molecule has 0 aliphatic carbocycles. The first-order valence-electron chi connectivity index (χ1n) is 9.51. The van der Waals surface area contributed by atoms with Gasteiger partial charge in [-0.05, 0) is 25.0 Å². The Balaban J connectivity index is 1.89. The Morgan fingerprint density at radius 2 is 2.10 bits per heavy atom. The average Bonchev–Trinajstić information content (AvgIpc) is 2.73. The van der Waals surface area contributed by atoms with E-state index >= 15 is 0 Å². The summed E-state index contributed by atoms with van der Waals surface area (Å²) in [7, 11) is 1.74. The lowest BCUT2D eigenvalue weighted by atomic mass is 9.97. The maximum atomic E-state index is 12.5. The van der Waals surface area contributed by atoms with E-state index in [4.69, 9.17) is 10.5 Å². The Morgan fingerprint density at radius 1 is 1.32 bits per heavy atom. The van der Waals surface area contributed by atoms with Gasteiger partial charge < -0.3 is 15.4 Å². The molecule has 0 saturated carbocycles. The first-order chi connectivity index (χ1) is 14.6. The average molecular weight is 431 g/mol. The molecule has 1 saturated heterocycles. The number of pyridine rings is 1. The van der Waals surface area contributed by atoms with Gasteiger partial charge in [0.05, 0.1) is 11.6 Å². The van der Waals surface area contributed by atoms with Crippen LogP contribution in [0.5, 0.6) is 5.75 Å². The molecule has 1 atom stereocenters. The van der Waals surface area contributed by atoms with Crippen molar-refractivity contribution in [3.63, 3.8) is 0 Å². The number of alkyl halides is 3. The summed E-state index contributed by atoms with van der Waals surface area (Å²) < 4.78 is 42.2. The number of amides is 2. The van der Waals surface area contributed by atoms with Crippen LogP contribution in [0.15, 0.2) is 36.4 Å². The summed E-state index contributed by atoms with van der Waals surface area (Å²) in [6.07, 6.45) is -2.96. The minimum Gasteiger partial charge on any atom is -0.484 e. The maximum Gasteiger partial charge on any atom is 0.422 e. The van der Waals surface area contributed by atoms with Crippen molar-refractivity contribution in [2.75, 3.05) is 20.2 Å². The molecule has 2 heterocycles. The number of halogens is 3. The monoisotopic (exact) mass is 431 g/mol. The fourth-order valence-corrected chi connectivity index (χ4v) is 3.12. The number of aromatic nitrogens is 1. The molecule has 1 aromatic carbocycles. The first kappa shape index (κ1) is 22.2. The number of carbonyl (C=O) groups is 2. The molecule has 0 spiro atoms. The molecule has 9 heteroatoms. The summed E-state index contributed by atoms with van der Waals surface area (Å²) in [5.74, 6) is 4.50. The van der Waals surface area contributed by atoms with E-state index in [2.05, 4.69) is 16.8 Å². The van der Waals surface area contributed by atoms with Gasteiger partial charge in [0.2, 0.25) is 5.91 Å². The molecule has 2 N–H and O–H groups in total. The summed E-state index contributed by atoms with van der Waals surface area (Å²) in [5, 5.41) is 0. The lowest BCUT2D eigenvalue weighted by molar-refractivity contribution is -0.153. The number of piperidine rings is 1. The van der Waals surface area contributed by atoms with Gasteiger partial charge in [0.15, 0.2) is 6.61 Å². The molecule has 31 heavy (non-hydrogen) atoms. The van der Waals surface area contributed by atoms with Crippen LogP contribution < -0.4 is 10.5 Å². The van der Waals surface area contributed by atoms with E-state index in [0.717, 1.165) is 12.5 Å². The third-order valence-corrected chi connectivity index (χ3v) is 4.66. The minimum absolute atomic E-state index is 0.0165. The van der Waals surface area contributed by atoms with Crippen molar-refractivity contribution in [2.24, 2.45) is 11.7 Å². The van der Waals surface area contributed by atoms with Crippen molar-refractivity contribution in [1.29, 1.82) is 0 Å². The Labute approximate surface area is 177 Å². The predicted molar refractivity (Wildman–Crippen MR) is 107 cm³/mol. The number of carbonyl (C=O) groups excluding carboxylic acids is 2. The number of nitrogens with zero attached hydrogens (tertiary/aromatic N) is 2. The summed E-state index contributed by atoms with van der Waals surface area (Å²) in [4.78, 5) is 29.5. The number of nitrogens with two attached hydrogens (primary N) is 1. The van der Waals surface area contributed by atoms with Gasteiger partial charge in [-0.15, -0.1) is 0 Å². The normalized spacial score (nSPS) is 16.5. The molecule has 2 aromatic rings. The van der Waals surface area contributed by atoms with E-state index in [1.807, 2.05) is 0 Å². The number of hydrogen-bond acceptors (Lipinski definition) is 4. The van der Waals surface area contributed by atoms with E-state index < -0.39 is 18.7 Å². The SMILES string of the molecule is CN1CCCC(C#Cc2cccc(-c3cc(OCC(F)(F)F)cc(C(N)=O)n3)c2)C1=O. The van der Waals surface area contributed by atoms with Gasteiger partial charge in [-0.3, -0.25) is 9.59 Å². The van der Waals surface area contributed by atoms with Crippen molar-refractivity contribution in [3.8, 4) is 28.8 Å². The van der Waals surface area contributed by atoms with Gasteiger partial charge in [0, 0.05) is 36.9 Å². The second-order valence-electron chi connectivity index (χ2n) is 7.15. The van der Waals surface area contributed by atoms with Gasteiger partial charge in [-0.25, -0.2) is 4.98 Å². The van der Waals surface area contributed by atoms with E-state index in [-0.39, 0.29) is 29.0 Å². The highest BCUT2D eigenvalue weighted by Crippen LogP contribution is 2.26. The van der Waals surface area contributed by atoms with Gasteiger partial charge in [0.25, 0.3) is 5.91 Å². The zero-order valence-corrected chi connectivity index (χ0v) is 16.7. The standard InChI is InChI=1S/C22H20F3N3O3/c1-28-9-3-6-15(21(28)30)8-7-14-4-2-5-16(10-14)18-11-17(31-13-22(23,24)25)12-19(27-18)20(26)29/h2,4-5,10-12,15H,3,6,9,13H2,1H3,(H2,26,29). The number of primary amides is 1. The third-order valence-electron chi connectivity index (χ3n) is 4.66. The third kappa shape index (κ3) is 5.98. The molecule has 162 valence electrons. The second-order valence-corrected chi connectivity index (χ2v) is 7.15. The second kappa shape index (κ2) is 9.08. The van der Waals surface area contributed by atoms with Crippen LogP contribution in [0.25, 0.3) is 11.3 Å². The number of likely N-dealkylation sites (tertiary alicyclic amines) is 1. The molecule has 0 radical (unpaired) electrons. The molecular formula is C22H20F3N3O3. The molecular weight excluding hydrogens is 411 g/mol. The van der Waals surface area contributed by atoms with Crippen molar-refractivity contribution >= 4 is 11.8 Å². The van der Waals surface area contributed by atoms with Gasteiger partial charge in [-0.2, -0.15) is 13.2 Å². The van der Waals surface area contributed by atoms with Crippen LogP contribution in [0.4, 0.5) is 13.2 Å². The van der Waals surface area contributed by atoms with Crippen LogP contribution in [0.2, 0.25) is 0 Å². The lowest BCUT2D eigenvalue weighted by Crippen LogP contribution is -2.37. The van der Waals surface area contributed by atoms with E-state index in [9.17, 15) is 22.8 Å². The van der Waals surface area contributed by atoms with Gasteiger partial charge >= 0.3 is 6.18 Å². The highest BCUT2D eigenvalue weighted by molar-refractivity contribution is 5.92. The quantitative estimate of drug-likeness (QED) is 0.755. The molecule has 1 fully saturated rings. The number of benzene rings is 1. The summed E-state index contributed by atoms with van der Waals surface area (Å²) >= 11 is 0. The zero-order valence-electron chi connectivity index (χ0n) is 16.7. The van der Waals surface area contributed by atoms with Crippen molar-refractivity contribution < 1.29 is 27.5 Å². The summed E-state index contributed by atoms with van der Waals surface area (Å²) in [6, 6.07) is 9.14. The van der Waals surface area contributed by atoms with Crippen LogP contribution in [0.3, 0.4) is 0 Å². The molecule has 1 aliphatic heterocycles. The number of ether oxygens (including phenoxy) is 1. The largest absolute Gasteiger partial charge is 0.484 e. The fraction of sp³-hybridized carbons (Fsp3) is 0.318. The molecule has 1 aromatic heterocycles. The topological polar surface area (TPSA) is 85.5 Å². The molecule has 6 nitrogen and oxygen atoms in total. The summed E-state index contributed by atoms with van der Waals surface area (Å²) in [6.45, 7) is -0.794. The molecule has 1 unspecified atom stereocenters. The number of rotatable bonds is 4. The Hall–Kier alpha value is -3.54. The molecule has 2 amide bonds. The van der Waals surface area contributed by atoms with Gasteiger partial charge in [0.1, 0.15) is 11.4 Å². The van der Waals surface area contributed by atoms with E-state index in [1.54, 1.807) is 36.2 Å². The smallest absolute Gasteiger partial charge is 0.422 e. The van der Waals surface area contributed by atoms with Crippen molar-refractivity contribution in [3.05, 3.63) is 47.7 Å². The van der Waals surface area contributed by atoms with Crippen LogP contribution in [0, 0.1) is 17.8 Å². The van der Waals surface area contributed by atoms with E-state index in [1.165, 1.54) is 6.07 Å². The Bertz CT molecular complexity index is 1060. The van der Waals surface area contributed by atoms with Gasteiger partial charge in [-0.1, -0.05) is 24.0 Å². The Morgan fingerprint density at radius 3 is 2.81 bits per heavy atom. The van der Waals surface area contributed by atoms with Crippen LogP contribution in [-0.4, -0.2) is 48.1 Å². The fourth-order valence-electron chi connectivity index (χ4n) is 3.12. The van der Waals surface area contributed by atoms with Crippen LogP contribution >= 0.6 is 0 Å². The van der Waals surface area contributed by atoms with E-state index in [0.29, 0.717) is 24.1 Å². The highest BCUT2D eigenvalue weighted by Gasteiger charge is 2.28. The van der Waals surface area contributed by atoms with Crippen molar-refractivity contribution in [2.45, 2.75) is 19.0 Å². The predicted octanol–water partition coefficient (Wildman–Crippen LogP) is 3.01. The maximum absolute atomic E-state index is 12.5. The Kier molecular flexibility index (Phi) is 6.49. The number of hydrogen-bond donors (Lipinski definition) is 1. The van der Waals surface area contributed by atoms with Crippen molar-refractivity contribution in [1.82, 2.24) is 9.88 Å². The molecule has 1 aliphatic rings. The highest BCUT2D eigenvalue weighted by atomic mass is 19.4. The zero-order chi connectivity index (χ0) is 22.6.